The second kappa shape index (κ2) is 13.4. The minimum Gasteiger partial charge on any atom is -0.480 e. The molecule has 220 valence electrons. The average Bonchev–Trinajstić information content (AvgIpc) is 3.29. The van der Waals surface area contributed by atoms with Crippen molar-refractivity contribution in [3.8, 4) is 11.1 Å². The lowest BCUT2D eigenvalue weighted by Gasteiger charge is -2.33. The fraction of sp³-hybridized carbons (Fsp3) is 0.367. The lowest BCUT2D eigenvalue weighted by atomic mass is 9.79. The van der Waals surface area contributed by atoms with Crippen molar-refractivity contribution in [1.82, 2.24) is 10.6 Å². The molecule has 9 nitrogen and oxygen atoms in total. The molecule has 1 unspecified atom stereocenters. The molecule has 4 N–H and O–H groups in total. The third-order valence-corrected chi connectivity index (χ3v) is 8.93. The van der Waals surface area contributed by atoms with Crippen LogP contribution >= 0.6 is 11.3 Å². The van der Waals surface area contributed by atoms with Crippen LogP contribution in [0.25, 0.3) is 11.1 Å². The number of benzene rings is 2. The number of sulfonamides is 1. The molecule has 41 heavy (non-hydrogen) atoms. The van der Waals surface area contributed by atoms with Crippen molar-refractivity contribution in [2.75, 3.05) is 11.3 Å². The number of carboxylic acid groups (broad SMARTS) is 1. The third-order valence-electron chi connectivity index (χ3n) is 6.62. The van der Waals surface area contributed by atoms with E-state index in [9.17, 15) is 27.9 Å². The SMILES string of the molecule is CCNC(=O)S(=O)(=O)Nc1sc(CC(C)C)cc1-c1ccc(CNC(C(=O)O)(C(=O)c2ccccc2)C(C)C)cc1. The number of hydrogen-bond acceptors (Lipinski definition) is 7. The first kappa shape index (κ1) is 32.0. The number of aliphatic carboxylic acids is 1. The maximum Gasteiger partial charge on any atom is 0.357 e. The Bertz CT molecular complexity index is 1480. The van der Waals surface area contributed by atoms with Gasteiger partial charge in [0, 0.05) is 29.1 Å². The number of rotatable bonds is 13. The highest BCUT2D eigenvalue weighted by atomic mass is 32.2. The zero-order chi connectivity index (χ0) is 30.4. The number of amides is 1. The summed E-state index contributed by atoms with van der Waals surface area (Å²) in [6.45, 7) is 9.46. The molecule has 0 saturated carbocycles. The number of carbonyl (C=O) groups is 3. The van der Waals surface area contributed by atoms with E-state index in [2.05, 4.69) is 29.2 Å². The Labute approximate surface area is 245 Å². The van der Waals surface area contributed by atoms with Gasteiger partial charge in [-0.15, -0.1) is 11.3 Å². The van der Waals surface area contributed by atoms with E-state index < -0.39 is 38.5 Å². The van der Waals surface area contributed by atoms with E-state index in [1.807, 2.05) is 6.07 Å². The number of hydrogen-bond donors (Lipinski definition) is 4. The van der Waals surface area contributed by atoms with Gasteiger partial charge in [0.1, 0.15) is 5.00 Å². The van der Waals surface area contributed by atoms with Gasteiger partial charge in [0.05, 0.1) is 0 Å². The molecule has 0 fully saturated rings. The van der Waals surface area contributed by atoms with Crippen LogP contribution in [-0.4, -0.2) is 42.6 Å². The molecule has 0 bridgehead atoms. The molecule has 2 aromatic carbocycles. The summed E-state index contributed by atoms with van der Waals surface area (Å²) in [6.07, 6.45) is 0.741. The van der Waals surface area contributed by atoms with Crippen LogP contribution in [0.4, 0.5) is 9.80 Å². The predicted molar refractivity (Wildman–Crippen MR) is 163 cm³/mol. The first-order valence-corrected chi connectivity index (χ1v) is 15.7. The molecular formula is C30H37N3O6S2. The topological polar surface area (TPSA) is 142 Å². The monoisotopic (exact) mass is 599 g/mol. The molecule has 0 aliphatic carbocycles. The third kappa shape index (κ3) is 7.41. The lowest BCUT2D eigenvalue weighted by molar-refractivity contribution is -0.144. The van der Waals surface area contributed by atoms with Crippen molar-refractivity contribution in [3.63, 3.8) is 0 Å². The smallest absolute Gasteiger partial charge is 0.357 e. The van der Waals surface area contributed by atoms with Gasteiger partial charge in [0.2, 0.25) is 0 Å². The molecule has 1 amide bonds. The summed E-state index contributed by atoms with van der Waals surface area (Å²) < 4.78 is 27.7. The number of thiophene rings is 1. The zero-order valence-corrected chi connectivity index (χ0v) is 25.5. The Balaban J connectivity index is 1.90. The summed E-state index contributed by atoms with van der Waals surface area (Å²) in [5.41, 5.74) is 0.581. The molecular weight excluding hydrogens is 562 g/mol. The first-order chi connectivity index (χ1) is 19.3. The molecule has 1 atom stereocenters. The van der Waals surface area contributed by atoms with Crippen LogP contribution in [0.3, 0.4) is 0 Å². The minimum absolute atomic E-state index is 0.113. The highest BCUT2D eigenvalue weighted by molar-refractivity contribution is 8.07. The molecule has 0 aliphatic rings. The van der Waals surface area contributed by atoms with Gasteiger partial charge in [0.15, 0.2) is 11.3 Å². The van der Waals surface area contributed by atoms with Gasteiger partial charge in [-0.05, 0) is 42.4 Å². The largest absolute Gasteiger partial charge is 0.480 e. The van der Waals surface area contributed by atoms with Crippen LogP contribution in [0.5, 0.6) is 0 Å². The van der Waals surface area contributed by atoms with E-state index in [-0.39, 0.29) is 13.1 Å². The van der Waals surface area contributed by atoms with Crippen LogP contribution in [0, 0.1) is 11.8 Å². The van der Waals surface area contributed by atoms with Crippen molar-refractivity contribution < 1.29 is 27.9 Å². The Morgan fingerprint density at radius 1 is 0.976 bits per heavy atom. The van der Waals surface area contributed by atoms with Gasteiger partial charge in [-0.2, -0.15) is 8.42 Å². The number of nitrogens with one attached hydrogen (secondary N) is 3. The van der Waals surface area contributed by atoms with E-state index >= 15 is 0 Å². The molecule has 1 aromatic heterocycles. The minimum atomic E-state index is -4.29. The number of carboxylic acids is 1. The number of Topliss-reactive ketones (excluding diaryl/α,β-unsaturated/α-hetero) is 1. The van der Waals surface area contributed by atoms with Crippen LogP contribution in [0.1, 0.15) is 55.4 Å². The molecule has 1 heterocycles. The molecule has 0 radical (unpaired) electrons. The maximum absolute atomic E-state index is 13.4. The Hall–Kier alpha value is -3.54. The highest BCUT2D eigenvalue weighted by Crippen LogP contribution is 2.38. The second-order valence-electron chi connectivity index (χ2n) is 10.5. The van der Waals surface area contributed by atoms with Gasteiger partial charge < -0.3 is 10.4 Å². The zero-order valence-electron chi connectivity index (χ0n) is 23.9. The maximum atomic E-state index is 13.4. The summed E-state index contributed by atoms with van der Waals surface area (Å²) in [6, 6.07) is 17.5. The van der Waals surface area contributed by atoms with Gasteiger partial charge in [0.25, 0.3) is 0 Å². The molecule has 11 heteroatoms. The summed E-state index contributed by atoms with van der Waals surface area (Å²) >= 11 is 1.28. The Kier molecular flexibility index (Phi) is 10.5. The van der Waals surface area contributed by atoms with Gasteiger partial charge in [-0.25, -0.2) is 4.79 Å². The summed E-state index contributed by atoms with van der Waals surface area (Å²) in [5, 5.41) is 14.8. The van der Waals surface area contributed by atoms with E-state index in [1.165, 1.54) is 11.3 Å². The standard InChI is InChI=1S/C30H37N3O6S2/c1-6-31-29(37)41(38,39)33-27-25(17-24(40-27)16-19(2)3)22-14-12-21(13-15-22)18-32-30(20(4)5,28(35)36)26(34)23-10-8-7-9-11-23/h7-15,17,19-20,32-33H,6,16,18H2,1-5H3,(H,31,37)(H,35,36). The lowest BCUT2D eigenvalue weighted by Crippen LogP contribution is -2.61. The predicted octanol–water partition coefficient (Wildman–Crippen LogP) is 5.54. The molecule has 0 aliphatic heterocycles. The van der Waals surface area contributed by atoms with Gasteiger partial charge in [-0.3, -0.25) is 19.6 Å². The molecule has 0 spiro atoms. The van der Waals surface area contributed by atoms with Crippen molar-refractivity contribution in [2.45, 2.75) is 53.1 Å². The van der Waals surface area contributed by atoms with Crippen LogP contribution in [-0.2, 0) is 27.8 Å². The number of anilines is 1. The quantitative estimate of drug-likeness (QED) is 0.149. The number of ketones is 1. The van der Waals surface area contributed by atoms with E-state index in [1.54, 1.807) is 75.4 Å². The molecule has 3 aromatic rings. The van der Waals surface area contributed by atoms with Crippen molar-refractivity contribution in [2.24, 2.45) is 11.8 Å². The van der Waals surface area contributed by atoms with Crippen molar-refractivity contribution >= 4 is 43.4 Å². The Morgan fingerprint density at radius 3 is 2.15 bits per heavy atom. The van der Waals surface area contributed by atoms with Gasteiger partial charge in [-0.1, -0.05) is 82.3 Å². The second-order valence-corrected chi connectivity index (χ2v) is 13.2. The van der Waals surface area contributed by atoms with E-state index in [0.29, 0.717) is 22.0 Å². The van der Waals surface area contributed by atoms with Crippen LogP contribution in [0.2, 0.25) is 0 Å². The van der Waals surface area contributed by atoms with Crippen LogP contribution in [0.15, 0.2) is 60.7 Å². The first-order valence-electron chi connectivity index (χ1n) is 13.4. The highest BCUT2D eigenvalue weighted by Gasteiger charge is 2.48. The van der Waals surface area contributed by atoms with E-state index in [4.69, 9.17) is 0 Å². The fourth-order valence-electron chi connectivity index (χ4n) is 4.47. The summed E-state index contributed by atoms with van der Waals surface area (Å²) in [4.78, 5) is 39.0. The van der Waals surface area contributed by atoms with Gasteiger partial charge >= 0.3 is 21.2 Å². The molecule has 0 saturated heterocycles. The van der Waals surface area contributed by atoms with E-state index in [0.717, 1.165) is 22.4 Å². The average molecular weight is 600 g/mol. The summed E-state index contributed by atoms with van der Waals surface area (Å²) in [5.74, 6) is -1.97. The van der Waals surface area contributed by atoms with Crippen LogP contribution < -0.4 is 15.4 Å². The van der Waals surface area contributed by atoms with Crippen molar-refractivity contribution in [1.29, 1.82) is 0 Å². The number of carbonyl (C=O) groups excluding carboxylic acids is 2. The van der Waals surface area contributed by atoms with Crippen molar-refractivity contribution in [3.05, 3.63) is 76.7 Å². The fourth-order valence-corrected chi connectivity index (χ4v) is 6.89. The normalized spacial score (nSPS) is 13.1. The Morgan fingerprint density at radius 2 is 1.61 bits per heavy atom. The summed E-state index contributed by atoms with van der Waals surface area (Å²) in [7, 11) is -4.29. The molecule has 3 rings (SSSR count).